The van der Waals surface area contributed by atoms with Gasteiger partial charge in [0.25, 0.3) is 5.92 Å². The zero-order chi connectivity index (χ0) is 24.1. The van der Waals surface area contributed by atoms with Crippen LogP contribution in [0.25, 0.3) is 16.1 Å². The van der Waals surface area contributed by atoms with Gasteiger partial charge in [-0.15, -0.1) is 0 Å². The predicted molar refractivity (Wildman–Crippen MR) is 121 cm³/mol. The molecular weight excluding hydrogens is 442 g/mol. The second-order valence-corrected chi connectivity index (χ2v) is 7.77. The Morgan fingerprint density at radius 2 is 2.00 bits per heavy atom. The van der Waals surface area contributed by atoms with Crippen LogP contribution in [0.2, 0.25) is 0 Å². The minimum absolute atomic E-state index is 0.00299. The molecule has 34 heavy (non-hydrogen) atoms. The van der Waals surface area contributed by atoms with Gasteiger partial charge in [-0.1, -0.05) is 30.3 Å². The van der Waals surface area contributed by atoms with E-state index in [1.54, 1.807) is 31.2 Å². The van der Waals surface area contributed by atoms with Crippen molar-refractivity contribution in [3.8, 4) is 17.1 Å². The molecule has 8 heteroatoms. The van der Waals surface area contributed by atoms with Crippen molar-refractivity contribution in [3.05, 3.63) is 88.3 Å². The molecule has 0 aliphatic carbocycles. The number of nitrogens with zero attached hydrogens (tertiary/aromatic N) is 2. The number of hydrogen-bond acceptors (Lipinski definition) is 5. The Balaban J connectivity index is 1.76. The van der Waals surface area contributed by atoms with E-state index in [1.807, 2.05) is 12.1 Å². The predicted octanol–water partition coefficient (Wildman–Crippen LogP) is 5.61. The van der Waals surface area contributed by atoms with Crippen molar-refractivity contribution in [2.75, 3.05) is 13.2 Å². The van der Waals surface area contributed by atoms with Crippen molar-refractivity contribution in [3.63, 3.8) is 0 Å². The number of esters is 1. The van der Waals surface area contributed by atoms with Gasteiger partial charge < -0.3 is 14.2 Å². The summed E-state index contributed by atoms with van der Waals surface area (Å²) in [6.07, 6.45) is -0.00299. The number of pyridine rings is 1. The molecule has 1 aliphatic heterocycles. The summed E-state index contributed by atoms with van der Waals surface area (Å²) in [6, 6.07) is 14.7. The molecule has 0 unspecified atom stereocenters. The van der Waals surface area contributed by atoms with Gasteiger partial charge in [-0.25, -0.2) is 9.83 Å². The number of carbonyl (C=O) groups is 1. The molecule has 4 bridgehead atoms. The van der Waals surface area contributed by atoms with Crippen LogP contribution in [0.3, 0.4) is 0 Å². The summed E-state index contributed by atoms with van der Waals surface area (Å²) >= 11 is 0. The number of benzene rings is 2. The molecule has 2 aromatic carbocycles. The van der Waals surface area contributed by atoms with Crippen LogP contribution in [0, 0.1) is 6.57 Å². The summed E-state index contributed by atoms with van der Waals surface area (Å²) in [5, 5.41) is 0. The normalized spacial score (nSPS) is 14.6. The molecule has 0 N–H and O–H groups in total. The topological polar surface area (TPSA) is 62.0 Å². The van der Waals surface area contributed by atoms with Crippen molar-refractivity contribution in [1.82, 2.24) is 4.98 Å². The number of alkyl halides is 2. The fourth-order valence-electron chi connectivity index (χ4n) is 3.73. The molecule has 174 valence electrons. The van der Waals surface area contributed by atoms with Gasteiger partial charge in [0.1, 0.15) is 13.2 Å². The molecule has 6 nitrogen and oxygen atoms in total. The van der Waals surface area contributed by atoms with Crippen LogP contribution in [0.15, 0.2) is 54.6 Å². The summed E-state index contributed by atoms with van der Waals surface area (Å²) < 4.78 is 46.7. The van der Waals surface area contributed by atoms with E-state index >= 15 is 8.78 Å². The summed E-state index contributed by atoms with van der Waals surface area (Å²) in [4.78, 5) is 19.8. The molecule has 0 atom stereocenters. The van der Waals surface area contributed by atoms with E-state index in [0.717, 1.165) is 11.6 Å². The van der Waals surface area contributed by atoms with Gasteiger partial charge in [-0.3, -0.25) is 4.79 Å². The van der Waals surface area contributed by atoms with Crippen molar-refractivity contribution in [1.29, 1.82) is 0 Å². The number of ether oxygens (including phenoxy) is 3. The molecule has 4 rings (SSSR count). The van der Waals surface area contributed by atoms with Crippen molar-refractivity contribution in [2.45, 2.75) is 32.5 Å². The fourth-order valence-corrected chi connectivity index (χ4v) is 3.73. The summed E-state index contributed by atoms with van der Waals surface area (Å²) in [6.45, 7) is 7.99. The first-order valence-corrected chi connectivity index (χ1v) is 10.7. The molecule has 0 amide bonds. The van der Waals surface area contributed by atoms with Gasteiger partial charge in [0, 0.05) is 17.2 Å². The van der Waals surface area contributed by atoms with E-state index in [2.05, 4.69) is 9.83 Å². The highest BCUT2D eigenvalue weighted by atomic mass is 19.3. The first-order valence-electron chi connectivity index (χ1n) is 10.7. The number of aromatic nitrogens is 1. The number of fused-ring (bicyclic) bond motifs is 6. The van der Waals surface area contributed by atoms with Gasteiger partial charge in [0.15, 0.2) is 5.69 Å². The molecule has 2 heterocycles. The zero-order valence-corrected chi connectivity index (χ0v) is 18.5. The molecule has 0 fully saturated rings. The Morgan fingerprint density at radius 3 is 2.79 bits per heavy atom. The highest BCUT2D eigenvalue weighted by Crippen LogP contribution is 2.35. The van der Waals surface area contributed by atoms with Crippen molar-refractivity contribution < 1.29 is 27.8 Å². The average Bonchev–Trinajstić information content (AvgIpc) is 2.83. The Kier molecular flexibility index (Phi) is 6.85. The SMILES string of the molecule is [C-]#[N+]c1ccc2c(c1)C(F)(F)COCc1cc(ccc1CC(=O)OCC)-c1cccc(n1)OC2. The minimum atomic E-state index is -3.36. The number of carbonyl (C=O) groups excluding carboxylic acids is 1. The molecule has 0 saturated heterocycles. The van der Waals surface area contributed by atoms with Gasteiger partial charge in [0.05, 0.1) is 31.9 Å². The lowest BCUT2D eigenvalue weighted by Crippen LogP contribution is -2.23. The van der Waals surface area contributed by atoms with Crippen LogP contribution in [0.4, 0.5) is 14.5 Å². The third-order valence-corrected chi connectivity index (χ3v) is 5.40. The highest BCUT2D eigenvalue weighted by molar-refractivity contribution is 5.74. The largest absolute Gasteiger partial charge is 0.473 e. The van der Waals surface area contributed by atoms with E-state index in [-0.39, 0.29) is 48.9 Å². The Morgan fingerprint density at radius 1 is 1.15 bits per heavy atom. The van der Waals surface area contributed by atoms with Crippen LogP contribution in [0.1, 0.15) is 29.2 Å². The van der Waals surface area contributed by atoms with E-state index in [4.69, 9.17) is 20.8 Å². The molecule has 0 radical (unpaired) electrons. The highest BCUT2D eigenvalue weighted by Gasteiger charge is 2.35. The Bertz CT molecular complexity index is 1250. The third kappa shape index (κ3) is 5.21. The van der Waals surface area contributed by atoms with Gasteiger partial charge >= 0.3 is 5.97 Å². The van der Waals surface area contributed by atoms with Gasteiger partial charge in [-0.05, 0) is 41.8 Å². The van der Waals surface area contributed by atoms with Crippen molar-refractivity contribution >= 4 is 11.7 Å². The summed E-state index contributed by atoms with van der Waals surface area (Å²) in [7, 11) is 0. The second kappa shape index (κ2) is 9.98. The molecule has 1 aliphatic rings. The Labute approximate surface area is 195 Å². The maximum atomic E-state index is 15.2. The number of halogens is 2. The van der Waals surface area contributed by atoms with Crippen LogP contribution >= 0.6 is 0 Å². The fraction of sp³-hybridized carbons (Fsp3) is 0.269. The van der Waals surface area contributed by atoms with E-state index in [9.17, 15) is 4.79 Å². The molecular formula is C26H22F2N2O4. The van der Waals surface area contributed by atoms with E-state index in [1.165, 1.54) is 12.1 Å². The maximum Gasteiger partial charge on any atom is 0.310 e. The number of rotatable bonds is 3. The monoisotopic (exact) mass is 464 g/mol. The van der Waals surface area contributed by atoms with Crippen LogP contribution in [-0.4, -0.2) is 24.2 Å². The quantitative estimate of drug-likeness (QED) is 0.373. The molecule has 3 aromatic rings. The Hall–Kier alpha value is -3.83. The lowest BCUT2D eigenvalue weighted by molar-refractivity contribution is -0.142. The standard InChI is InChI=1S/C26H22F2N2O4/c1-3-33-25(31)12-17-7-8-18-11-20(17)14-32-16-26(27,28)22-13-21(29-2)10-9-19(22)15-34-24-6-4-5-23(18)30-24/h4-11,13H,3,12,14-16H2,1H3. The maximum absolute atomic E-state index is 15.2. The summed E-state index contributed by atoms with van der Waals surface area (Å²) in [5.41, 5.74) is 2.60. The minimum Gasteiger partial charge on any atom is -0.473 e. The summed E-state index contributed by atoms with van der Waals surface area (Å²) in [5.74, 6) is -3.49. The van der Waals surface area contributed by atoms with Gasteiger partial charge in [-0.2, -0.15) is 8.78 Å². The molecule has 1 aromatic heterocycles. The van der Waals surface area contributed by atoms with E-state index in [0.29, 0.717) is 16.8 Å². The molecule has 0 spiro atoms. The van der Waals surface area contributed by atoms with Crippen LogP contribution in [0.5, 0.6) is 5.88 Å². The van der Waals surface area contributed by atoms with Gasteiger partial charge in [0.2, 0.25) is 5.88 Å². The average molecular weight is 464 g/mol. The number of hydrogen-bond donors (Lipinski definition) is 0. The van der Waals surface area contributed by atoms with Crippen LogP contribution < -0.4 is 4.74 Å². The first-order chi connectivity index (χ1) is 16.4. The zero-order valence-electron chi connectivity index (χ0n) is 18.5. The lowest BCUT2D eigenvalue weighted by atomic mass is 9.99. The third-order valence-electron chi connectivity index (χ3n) is 5.40. The first kappa shape index (κ1) is 23.3. The van der Waals surface area contributed by atoms with E-state index < -0.39 is 18.5 Å². The second-order valence-electron chi connectivity index (χ2n) is 7.77. The lowest BCUT2D eigenvalue weighted by Gasteiger charge is -2.22. The van der Waals surface area contributed by atoms with Crippen molar-refractivity contribution in [2.24, 2.45) is 0 Å². The van der Waals surface area contributed by atoms with Crippen LogP contribution in [-0.2, 0) is 39.8 Å². The smallest absolute Gasteiger partial charge is 0.310 e. The molecule has 0 saturated carbocycles.